The summed E-state index contributed by atoms with van der Waals surface area (Å²) in [6.45, 7) is 7.20. The summed E-state index contributed by atoms with van der Waals surface area (Å²) in [6.07, 6.45) is 1.70. The molecular formula is C20H33N5O4S. The highest BCUT2D eigenvalue weighted by atomic mass is 32.2. The van der Waals surface area contributed by atoms with Gasteiger partial charge < -0.3 is 15.1 Å². The molecule has 3 rings (SSSR count). The number of carbonyl (C=O) groups is 2. The van der Waals surface area contributed by atoms with Gasteiger partial charge >= 0.3 is 6.03 Å². The van der Waals surface area contributed by atoms with Gasteiger partial charge in [-0.05, 0) is 19.3 Å². The molecule has 3 heterocycles. The number of hydrogen-bond donors (Lipinski definition) is 1. The summed E-state index contributed by atoms with van der Waals surface area (Å²) in [5.41, 5.74) is 0.591. The molecule has 0 aromatic carbocycles. The molecule has 0 bridgehead atoms. The van der Waals surface area contributed by atoms with Crippen LogP contribution in [0.5, 0.6) is 0 Å². The van der Waals surface area contributed by atoms with Crippen LogP contribution < -0.4 is 5.32 Å². The molecule has 0 radical (unpaired) electrons. The van der Waals surface area contributed by atoms with Gasteiger partial charge in [0, 0.05) is 44.6 Å². The van der Waals surface area contributed by atoms with Crippen LogP contribution in [0, 0.1) is 5.92 Å². The Hall–Kier alpha value is -2.10. The molecule has 2 saturated heterocycles. The summed E-state index contributed by atoms with van der Waals surface area (Å²) in [5, 5.41) is 7.66. The highest BCUT2D eigenvalue weighted by Gasteiger charge is 2.34. The largest absolute Gasteiger partial charge is 0.331 e. The first-order valence-corrected chi connectivity index (χ1v) is 12.3. The number of urea groups is 1. The number of aromatic nitrogens is 2. The zero-order valence-electron chi connectivity index (χ0n) is 18.5. The van der Waals surface area contributed by atoms with Crippen molar-refractivity contribution in [3.05, 3.63) is 11.8 Å². The normalized spacial score (nSPS) is 22.2. The maximum absolute atomic E-state index is 12.9. The molecule has 30 heavy (non-hydrogen) atoms. The van der Waals surface area contributed by atoms with Gasteiger partial charge in [0.2, 0.25) is 5.91 Å². The maximum atomic E-state index is 12.9. The molecule has 2 fully saturated rings. The number of sulfone groups is 1. The standard InChI is InChI=1S/C20H33N5O4S/c1-20(2,3)16-12-17(25(22-16)15-8-11-30(28,29)13-15)21-18(26)14-6-9-24(10-7-14)19(27)23(4)5/h12,14-15H,6-11,13H2,1-5H3,(H,21,26)/t15-/m0/s1. The zero-order chi connectivity index (χ0) is 22.3. The third-order valence-corrected chi connectivity index (χ3v) is 7.58. The first kappa shape index (κ1) is 22.6. The molecule has 0 aliphatic carbocycles. The van der Waals surface area contributed by atoms with Gasteiger partial charge in [-0.1, -0.05) is 20.8 Å². The van der Waals surface area contributed by atoms with Crippen LogP contribution in [0.3, 0.4) is 0 Å². The number of carbonyl (C=O) groups excluding carboxylic acids is 2. The molecule has 1 atom stereocenters. The van der Waals surface area contributed by atoms with Crippen molar-refractivity contribution in [2.45, 2.75) is 51.5 Å². The van der Waals surface area contributed by atoms with Crippen molar-refractivity contribution in [2.24, 2.45) is 5.92 Å². The van der Waals surface area contributed by atoms with Crippen LogP contribution in [0.15, 0.2) is 6.07 Å². The number of amides is 3. The van der Waals surface area contributed by atoms with E-state index in [9.17, 15) is 18.0 Å². The van der Waals surface area contributed by atoms with Gasteiger partial charge in [-0.3, -0.25) is 4.79 Å². The molecular weight excluding hydrogens is 406 g/mol. The lowest BCUT2D eigenvalue weighted by atomic mass is 9.92. The summed E-state index contributed by atoms with van der Waals surface area (Å²) < 4.78 is 25.6. The van der Waals surface area contributed by atoms with Crippen molar-refractivity contribution in [1.82, 2.24) is 19.6 Å². The van der Waals surface area contributed by atoms with Gasteiger partial charge in [-0.15, -0.1) is 0 Å². The Morgan fingerprint density at radius 3 is 2.30 bits per heavy atom. The van der Waals surface area contributed by atoms with Crippen molar-refractivity contribution in [1.29, 1.82) is 0 Å². The third-order valence-electron chi connectivity index (χ3n) is 5.83. The van der Waals surface area contributed by atoms with Crippen LogP contribution >= 0.6 is 0 Å². The van der Waals surface area contributed by atoms with E-state index < -0.39 is 9.84 Å². The van der Waals surface area contributed by atoms with E-state index in [2.05, 4.69) is 10.4 Å². The predicted molar refractivity (Wildman–Crippen MR) is 115 cm³/mol. The van der Waals surface area contributed by atoms with E-state index in [0.29, 0.717) is 38.2 Å². The van der Waals surface area contributed by atoms with E-state index in [0.717, 1.165) is 5.69 Å². The lowest BCUT2D eigenvalue weighted by molar-refractivity contribution is -0.121. The SMILES string of the molecule is CN(C)C(=O)N1CCC(C(=O)Nc2cc(C(C)(C)C)nn2[C@H]2CCS(=O)(=O)C2)CC1. The molecule has 1 aromatic rings. The molecule has 1 N–H and O–H groups in total. The van der Waals surface area contributed by atoms with Crippen molar-refractivity contribution in [2.75, 3.05) is 44.0 Å². The fraction of sp³-hybridized carbons (Fsp3) is 0.750. The summed E-state index contributed by atoms with van der Waals surface area (Å²) in [4.78, 5) is 28.3. The van der Waals surface area contributed by atoms with Crippen molar-refractivity contribution in [3.8, 4) is 0 Å². The number of anilines is 1. The van der Waals surface area contributed by atoms with Gasteiger partial charge in [0.25, 0.3) is 0 Å². The van der Waals surface area contributed by atoms with Crippen LogP contribution in [0.2, 0.25) is 0 Å². The molecule has 9 nitrogen and oxygen atoms in total. The Morgan fingerprint density at radius 2 is 1.80 bits per heavy atom. The van der Waals surface area contributed by atoms with Gasteiger partial charge in [-0.2, -0.15) is 5.10 Å². The number of piperidine rings is 1. The Bertz CT molecular complexity index is 908. The number of rotatable bonds is 3. The highest BCUT2D eigenvalue weighted by Crippen LogP contribution is 2.31. The minimum absolute atomic E-state index is 0.0378. The van der Waals surface area contributed by atoms with Gasteiger partial charge in [0.15, 0.2) is 9.84 Å². The van der Waals surface area contributed by atoms with E-state index in [1.807, 2.05) is 26.8 Å². The number of likely N-dealkylation sites (tertiary alicyclic amines) is 1. The van der Waals surface area contributed by atoms with Crippen molar-refractivity contribution >= 4 is 27.6 Å². The summed E-state index contributed by atoms with van der Waals surface area (Å²) in [7, 11) is 0.369. The zero-order valence-corrected chi connectivity index (χ0v) is 19.3. The van der Waals surface area contributed by atoms with Crippen LogP contribution in [-0.2, 0) is 20.0 Å². The predicted octanol–water partition coefficient (Wildman–Crippen LogP) is 1.87. The van der Waals surface area contributed by atoms with Gasteiger partial charge in [-0.25, -0.2) is 17.9 Å². The lowest BCUT2D eigenvalue weighted by Gasteiger charge is -2.33. The first-order chi connectivity index (χ1) is 13.9. The number of hydrogen-bond acceptors (Lipinski definition) is 5. The molecule has 10 heteroatoms. The molecule has 0 saturated carbocycles. The second-order valence-corrected chi connectivity index (χ2v) is 11.8. The average Bonchev–Trinajstić information content (AvgIpc) is 3.23. The van der Waals surface area contributed by atoms with Gasteiger partial charge in [0.1, 0.15) is 5.82 Å². The van der Waals surface area contributed by atoms with E-state index in [4.69, 9.17) is 0 Å². The quantitative estimate of drug-likeness (QED) is 0.774. The van der Waals surface area contributed by atoms with Crippen LogP contribution in [-0.4, -0.2) is 78.6 Å². The average molecular weight is 440 g/mol. The highest BCUT2D eigenvalue weighted by molar-refractivity contribution is 7.91. The number of nitrogens with zero attached hydrogens (tertiary/aromatic N) is 4. The lowest BCUT2D eigenvalue weighted by Crippen LogP contribution is -2.45. The van der Waals surface area contributed by atoms with Crippen LogP contribution in [0.1, 0.15) is 51.8 Å². The second-order valence-electron chi connectivity index (χ2n) is 9.59. The third kappa shape index (κ3) is 4.96. The van der Waals surface area contributed by atoms with Gasteiger partial charge in [0.05, 0.1) is 23.2 Å². The van der Waals surface area contributed by atoms with E-state index in [1.165, 1.54) is 0 Å². The van der Waals surface area contributed by atoms with Crippen LogP contribution in [0.4, 0.5) is 10.6 Å². The minimum atomic E-state index is -3.07. The molecule has 0 spiro atoms. The molecule has 3 amide bonds. The smallest absolute Gasteiger partial charge is 0.319 e. The summed E-state index contributed by atoms with van der Waals surface area (Å²) in [5.74, 6) is 0.457. The summed E-state index contributed by atoms with van der Waals surface area (Å²) >= 11 is 0. The van der Waals surface area contributed by atoms with E-state index in [-0.39, 0.29) is 40.8 Å². The Labute approximate surface area is 178 Å². The molecule has 168 valence electrons. The Kier molecular flexibility index (Phi) is 6.18. The maximum Gasteiger partial charge on any atom is 0.319 e. The molecule has 0 unspecified atom stereocenters. The number of nitrogens with one attached hydrogen (secondary N) is 1. The van der Waals surface area contributed by atoms with E-state index in [1.54, 1.807) is 28.6 Å². The molecule has 2 aliphatic rings. The topological polar surface area (TPSA) is 105 Å². The Balaban J connectivity index is 1.73. The summed E-state index contributed by atoms with van der Waals surface area (Å²) in [6, 6.07) is 1.55. The fourth-order valence-corrected chi connectivity index (χ4v) is 5.64. The molecule has 2 aliphatic heterocycles. The van der Waals surface area contributed by atoms with Crippen LogP contribution in [0.25, 0.3) is 0 Å². The second kappa shape index (κ2) is 8.20. The first-order valence-electron chi connectivity index (χ1n) is 10.4. The van der Waals surface area contributed by atoms with E-state index >= 15 is 0 Å². The van der Waals surface area contributed by atoms with Crippen molar-refractivity contribution in [3.63, 3.8) is 0 Å². The minimum Gasteiger partial charge on any atom is -0.331 e. The monoisotopic (exact) mass is 439 g/mol. The fourth-order valence-electron chi connectivity index (χ4n) is 3.95. The molecule has 1 aromatic heterocycles. The van der Waals surface area contributed by atoms with Crippen molar-refractivity contribution < 1.29 is 18.0 Å². The Morgan fingerprint density at radius 1 is 1.17 bits per heavy atom.